The third-order valence-electron chi connectivity index (χ3n) is 6.14. The minimum absolute atomic E-state index is 0.111. The fraction of sp³-hybridized carbons (Fsp3) is 0.667. The molecule has 5 nitrogen and oxygen atoms in total. The van der Waals surface area contributed by atoms with Crippen LogP contribution >= 0.6 is 0 Å². The molecule has 3 fully saturated rings. The molecule has 1 amide bonds. The van der Waals surface area contributed by atoms with Gasteiger partial charge in [-0.3, -0.25) is 4.79 Å². The number of para-hydroxylation sites is 1. The number of carbonyl (C=O) groups is 1. The van der Waals surface area contributed by atoms with Crippen molar-refractivity contribution < 1.29 is 14.3 Å². The van der Waals surface area contributed by atoms with Gasteiger partial charge in [0, 0.05) is 38.2 Å². The summed E-state index contributed by atoms with van der Waals surface area (Å²) in [5.41, 5.74) is 1.17. The van der Waals surface area contributed by atoms with Crippen LogP contribution in [0.25, 0.3) is 0 Å². The fourth-order valence-corrected chi connectivity index (χ4v) is 4.46. The first-order valence-corrected chi connectivity index (χ1v) is 9.98. The molecule has 4 rings (SSSR count). The molecule has 1 aromatic carbocycles. The number of nitrogens with one attached hydrogen (secondary N) is 1. The summed E-state index contributed by atoms with van der Waals surface area (Å²) in [7, 11) is 1.70. The molecule has 3 aliphatic rings. The van der Waals surface area contributed by atoms with E-state index in [-0.39, 0.29) is 11.8 Å². The van der Waals surface area contributed by atoms with Crippen molar-refractivity contribution in [3.63, 3.8) is 0 Å². The molecule has 0 radical (unpaired) electrons. The summed E-state index contributed by atoms with van der Waals surface area (Å²) in [6.45, 7) is 5.16. The highest BCUT2D eigenvalue weighted by Crippen LogP contribution is 2.50. The Bertz CT molecular complexity index is 621. The molecular formula is C21H30N2O3. The Morgan fingerprint density at radius 1 is 1.27 bits per heavy atom. The third-order valence-corrected chi connectivity index (χ3v) is 6.14. The zero-order valence-electron chi connectivity index (χ0n) is 15.7. The van der Waals surface area contributed by atoms with Crippen LogP contribution in [0, 0.1) is 11.8 Å². The summed E-state index contributed by atoms with van der Waals surface area (Å²) >= 11 is 0. The predicted octanol–water partition coefficient (Wildman–Crippen LogP) is 2.42. The number of carbonyl (C=O) groups excluding carboxylic acids is 1. The minimum Gasteiger partial charge on any atom is -0.496 e. The summed E-state index contributed by atoms with van der Waals surface area (Å²) < 4.78 is 10.9. The number of hydrogen-bond acceptors (Lipinski definition) is 4. The number of methoxy groups -OCH3 is 1. The van der Waals surface area contributed by atoms with E-state index in [1.807, 2.05) is 18.2 Å². The molecule has 0 bridgehead atoms. The van der Waals surface area contributed by atoms with Crippen LogP contribution in [-0.4, -0.2) is 56.8 Å². The van der Waals surface area contributed by atoms with Crippen LogP contribution in [0.4, 0.5) is 0 Å². The molecule has 0 spiro atoms. The zero-order valence-corrected chi connectivity index (χ0v) is 15.7. The molecule has 5 heteroatoms. The lowest BCUT2D eigenvalue weighted by Crippen LogP contribution is -2.46. The standard InChI is InChI=1S/C21H30N2O3/c1-25-20-5-3-2-4-17(20)18-12-19(18)21(24)22-16-6-9-23(10-7-16)13-15-8-11-26-14-15/h2-5,15-16,18-19H,6-14H2,1H3,(H,22,24). The number of benzene rings is 1. The first-order valence-electron chi connectivity index (χ1n) is 9.98. The molecule has 3 unspecified atom stereocenters. The summed E-state index contributed by atoms with van der Waals surface area (Å²) in [6.07, 6.45) is 4.26. The van der Waals surface area contributed by atoms with Crippen LogP contribution in [0.3, 0.4) is 0 Å². The lowest BCUT2D eigenvalue weighted by molar-refractivity contribution is -0.123. The molecule has 1 aromatic rings. The number of amides is 1. The van der Waals surface area contributed by atoms with E-state index >= 15 is 0 Å². The van der Waals surface area contributed by atoms with Crippen molar-refractivity contribution in [2.24, 2.45) is 11.8 Å². The van der Waals surface area contributed by atoms with Gasteiger partial charge in [0.05, 0.1) is 13.7 Å². The number of hydrogen-bond donors (Lipinski definition) is 1. The average molecular weight is 358 g/mol. The summed E-state index contributed by atoms with van der Waals surface area (Å²) in [5, 5.41) is 3.30. The van der Waals surface area contributed by atoms with E-state index in [9.17, 15) is 4.79 Å². The Kier molecular flexibility index (Phi) is 5.46. The average Bonchev–Trinajstić information content (AvgIpc) is 3.32. The largest absolute Gasteiger partial charge is 0.496 e. The zero-order chi connectivity index (χ0) is 17.9. The second-order valence-electron chi connectivity index (χ2n) is 8.00. The van der Waals surface area contributed by atoms with E-state index < -0.39 is 0 Å². The number of likely N-dealkylation sites (tertiary alicyclic amines) is 1. The van der Waals surface area contributed by atoms with Crippen molar-refractivity contribution in [2.45, 2.75) is 37.6 Å². The SMILES string of the molecule is COc1ccccc1C1CC1C(=O)NC1CCN(CC2CCOC2)CC1. The van der Waals surface area contributed by atoms with Crippen LogP contribution in [-0.2, 0) is 9.53 Å². The van der Waals surface area contributed by atoms with Gasteiger partial charge in [-0.1, -0.05) is 18.2 Å². The van der Waals surface area contributed by atoms with Gasteiger partial charge < -0.3 is 19.7 Å². The quantitative estimate of drug-likeness (QED) is 0.848. The lowest BCUT2D eigenvalue weighted by Gasteiger charge is -2.33. The molecule has 3 atom stereocenters. The predicted molar refractivity (Wildman–Crippen MR) is 100 cm³/mol. The lowest BCUT2D eigenvalue weighted by atomic mass is 10.0. The van der Waals surface area contributed by atoms with E-state index in [0.29, 0.717) is 17.9 Å². The van der Waals surface area contributed by atoms with Crippen molar-refractivity contribution in [1.29, 1.82) is 0 Å². The highest BCUT2D eigenvalue weighted by atomic mass is 16.5. The van der Waals surface area contributed by atoms with Crippen LogP contribution in [0.5, 0.6) is 5.75 Å². The van der Waals surface area contributed by atoms with Crippen LogP contribution in [0.1, 0.15) is 37.2 Å². The summed E-state index contributed by atoms with van der Waals surface area (Å²) in [5.74, 6) is 2.25. The molecule has 1 N–H and O–H groups in total. The maximum atomic E-state index is 12.6. The van der Waals surface area contributed by atoms with Gasteiger partial charge in [0.1, 0.15) is 5.75 Å². The Hall–Kier alpha value is -1.59. The Morgan fingerprint density at radius 3 is 2.81 bits per heavy atom. The van der Waals surface area contributed by atoms with Gasteiger partial charge in [-0.2, -0.15) is 0 Å². The van der Waals surface area contributed by atoms with E-state index in [0.717, 1.165) is 57.9 Å². The van der Waals surface area contributed by atoms with E-state index in [2.05, 4.69) is 16.3 Å². The second kappa shape index (κ2) is 7.97. The van der Waals surface area contributed by atoms with Gasteiger partial charge in [0.15, 0.2) is 0 Å². The van der Waals surface area contributed by atoms with Gasteiger partial charge in [0.2, 0.25) is 5.91 Å². The topological polar surface area (TPSA) is 50.8 Å². The first-order chi connectivity index (χ1) is 12.7. The van der Waals surface area contributed by atoms with E-state index in [1.54, 1.807) is 7.11 Å². The van der Waals surface area contributed by atoms with Crippen molar-refractivity contribution in [3.8, 4) is 5.75 Å². The smallest absolute Gasteiger partial charge is 0.223 e. The molecule has 2 saturated heterocycles. The Balaban J connectivity index is 1.22. The molecule has 1 saturated carbocycles. The van der Waals surface area contributed by atoms with Crippen LogP contribution in [0.2, 0.25) is 0 Å². The van der Waals surface area contributed by atoms with Crippen LogP contribution in [0.15, 0.2) is 24.3 Å². The number of nitrogens with zero attached hydrogens (tertiary/aromatic N) is 1. The van der Waals surface area contributed by atoms with E-state index in [4.69, 9.17) is 9.47 Å². The van der Waals surface area contributed by atoms with Crippen molar-refractivity contribution in [1.82, 2.24) is 10.2 Å². The number of piperidine rings is 1. The molecule has 142 valence electrons. The molecule has 26 heavy (non-hydrogen) atoms. The van der Waals surface area contributed by atoms with Crippen molar-refractivity contribution >= 4 is 5.91 Å². The maximum absolute atomic E-state index is 12.6. The van der Waals surface area contributed by atoms with Gasteiger partial charge in [-0.25, -0.2) is 0 Å². The molecule has 0 aromatic heterocycles. The van der Waals surface area contributed by atoms with Gasteiger partial charge in [0.25, 0.3) is 0 Å². The highest BCUT2D eigenvalue weighted by molar-refractivity contribution is 5.83. The monoisotopic (exact) mass is 358 g/mol. The summed E-state index contributed by atoms with van der Waals surface area (Å²) in [4.78, 5) is 15.2. The first kappa shape index (κ1) is 17.8. The second-order valence-corrected chi connectivity index (χ2v) is 8.00. The fourth-order valence-electron chi connectivity index (χ4n) is 4.46. The molecule has 2 aliphatic heterocycles. The van der Waals surface area contributed by atoms with Gasteiger partial charge >= 0.3 is 0 Å². The minimum atomic E-state index is 0.111. The van der Waals surface area contributed by atoms with Crippen molar-refractivity contribution in [2.75, 3.05) is 40.0 Å². The van der Waals surface area contributed by atoms with E-state index in [1.165, 1.54) is 12.0 Å². The summed E-state index contributed by atoms with van der Waals surface area (Å²) in [6, 6.07) is 8.40. The highest BCUT2D eigenvalue weighted by Gasteiger charge is 2.45. The van der Waals surface area contributed by atoms with Crippen LogP contribution < -0.4 is 10.1 Å². The van der Waals surface area contributed by atoms with Crippen molar-refractivity contribution in [3.05, 3.63) is 29.8 Å². The normalized spacial score (nSPS) is 29.5. The Labute approximate surface area is 156 Å². The Morgan fingerprint density at radius 2 is 2.08 bits per heavy atom. The maximum Gasteiger partial charge on any atom is 0.223 e. The van der Waals surface area contributed by atoms with Gasteiger partial charge in [-0.15, -0.1) is 0 Å². The van der Waals surface area contributed by atoms with Gasteiger partial charge in [-0.05, 0) is 49.1 Å². The third kappa shape index (κ3) is 4.04. The molecule has 2 heterocycles. The number of rotatable bonds is 6. The molecular weight excluding hydrogens is 328 g/mol. The molecule has 1 aliphatic carbocycles. The number of ether oxygens (including phenoxy) is 2.